The molecule has 0 saturated heterocycles. The van der Waals surface area contributed by atoms with E-state index in [1.165, 1.54) is 0 Å². The van der Waals surface area contributed by atoms with Crippen molar-refractivity contribution >= 4 is 0 Å². The van der Waals surface area contributed by atoms with Crippen LogP contribution in [0.15, 0.2) is 0 Å². The number of hydrogen-bond donors (Lipinski definition) is 2. The summed E-state index contributed by atoms with van der Waals surface area (Å²) in [7, 11) is 0. The van der Waals surface area contributed by atoms with E-state index in [-0.39, 0.29) is 16.8 Å². The summed E-state index contributed by atoms with van der Waals surface area (Å²) in [4.78, 5) is 0. The molecule has 0 bridgehead atoms. The molecule has 0 saturated carbocycles. The summed E-state index contributed by atoms with van der Waals surface area (Å²) >= 11 is 0. The normalized spacial score (nSPS) is 7.64. The zero-order valence-electron chi connectivity index (χ0n) is 7.47. The molecule has 0 rings (SSSR count). The first-order valence-corrected chi connectivity index (χ1v) is 4.05. The van der Waals surface area contributed by atoms with Crippen molar-refractivity contribution in [1.82, 2.24) is 0 Å². The van der Waals surface area contributed by atoms with Crippen LogP contribution < -0.4 is 0 Å². The minimum Gasteiger partial charge on any atom is -0.396 e. The predicted molar refractivity (Wildman–Crippen MR) is 44.0 cm³/mol. The fourth-order valence-electron chi connectivity index (χ4n) is 0.316. The molecule has 0 amide bonds. The summed E-state index contributed by atoms with van der Waals surface area (Å²) in [5.74, 6) is 0. The number of rotatable bonds is 4. The SMILES string of the molecule is CCCCO.CCCCO.[Co]. The van der Waals surface area contributed by atoms with Gasteiger partial charge in [-0.1, -0.05) is 26.7 Å². The number of aliphatic hydroxyl groups is 2. The minimum atomic E-state index is 0. The zero-order valence-corrected chi connectivity index (χ0v) is 8.51. The first-order chi connectivity index (χ1) is 4.83. The van der Waals surface area contributed by atoms with Gasteiger partial charge in [0.2, 0.25) is 0 Å². The van der Waals surface area contributed by atoms with Crippen LogP contribution in [0.3, 0.4) is 0 Å². The molecule has 0 aliphatic rings. The molecule has 0 aliphatic heterocycles. The predicted octanol–water partition coefficient (Wildman–Crippen LogP) is 1.56. The summed E-state index contributed by atoms with van der Waals surface area (Å²) in [6, 6.07) is 0. The Hall–Kier alpha value is 0.426. The second-order valence-corrected chi connectivity index (χ2v) is 2.15. The van der Waals surface area contributed by atoms with Gasteiger partial charge in [0.1, 0.15) is 0 Å². The fraction of sp³-hybridized carbons (Fsp3) is 1.00. The molecule has 11 heavy (non-hydrogen) atoms. The molecule has 0 aromatic carbocycles. The van der Waals surface area contributed by atoms with E-state index in [4.69, 9.17) is 10.2 Å². The average Bonchev–Trinajstić information content (AvgIpc) is 1.93. The summed E-state index contributed by atoms with van der Waals surface area (Å²) in [6.45, 7) is 4.79. The number of hydrogen-bond acceptors (Lipinski definition) is 2. The summed E-state index contributed by atoms with van der Waals surface area (Å²) in [5, 5.41) is 16.1. The molecule has 0 aromatic heterocycles. The van der Waals surface area contributed by atoms with Gasteiger partial charge < -0.3 is 10.2 Å². The molecule has 0 unspecified atom stereocenters. The maximum atomic E-state index is 8.07. The van der Waals surface area contributed by atoms with Crippen molar-refractivity contribution in [2.24, 2.45) is 0 Å². The van der Waals surface area contributed by atoms with E-state index >= 15 is 0 Å². The van der Waals surface area contributed by atoms with Gasteiger partial charge in [0.25, 0.3) is 0 Å². The summed E-state index contributed by atoms with van der Waals surface area (Å²) in [6.07, 6.45) is 4.08. The smallest absolute Gasteiger partial charge is 0.0430 e. The Labute approximate surface area is 80.2 Å². The minimum absolute atomic E-state index is 0. The van der Waals surface area contributed by atoms with Crippen molar-refractivity contribution in [3.05, 3.63) is 0 Å². The van der Waals surface area contributed by atoms with Crippen molar-refractivity contribution in [1.29, 1.82) is 0 Å². The Morgan fingerprint density at radius 1 is 0.818 bits per heavy atom. The van der Waals surface area contributed by atoms with E-state index in [9.17, 15) is 0 Å². The molecule has 0 spiro atoms. The standard InChI is InChI=1S/2C4H10O.Co/c2*1-2-3-4-5;/h2*5H,2-4H2,1H3;. The maximum absolute atomic E-state index is 8.07. The molecule has 2 nitrogen and oxygen atoms in total. The first kappa shape index (κ1) is 17.5. The average molecular weight is 207 g/mol. The van der Waals surface area contributed by atoms with Gasteiger partial charge in [-0.05, 0) is 12.8 Å². The van der Waals surface area contributed by atoms with Crippen LogP contribution in [0.25, 0.3) is 0 Å². The Bertz CT molecular complexity index is 33.1. The van der Waals surface area contributed by atoms with Gasteiger partial charge in [-0.25, -0.2) is 0 Å². The quantitative estimate of drug-likeness (QED) is 0.734. The number of aliphatic hydroxyl groups excluding tert-OH is 2. The van der Waals surface area contributed by atoms with Crippen molar-refractivity contribution in [2.45, 2.75) is 39.5 Å². The second-order valence-electron chi connectivity index (χ2n) is 2.15. The van der Waals surface area contributed by atoms with E-state index in [1.807, 2.05) is 0 Å². The first-order valence-electron chi connectivity index (χ1n) is 4.05. The van der Waals surface area contributed by atoms with E-state index < -0.39 is 0 Å². The van der Waals surface area contributed by atoms with Crippen molar-refractivity contribution in [3.63, 3.8) is 0 Å². The molecular weight excluding hydrogens is 187 g/mol. The molecule has 3 heteroatoms. The topological polar surface area (TPSA) is 40.5 Å². The van der Waals surface area contributed by atoms with Crippen molar-refractivity contribution < 1.29 is 27.0 Å². The van der Waals surface area contributed by atoms with Crippen LogP contribution in [-0.2, 0) is 16.8 Å². The van der Waals surface area contributed by atoms with Gasteiger partial charge in [0.05, 0.1) is 0 Å². The van der Waals surface area contributed by atoms with Gasteiger partial charge >= 0.3 is 0 Å². The molecule has 2 N–H and O–H groups in total. The van der Waals surface area contributed by atoms with Crippen LogP contribution in [0.2, 0.25) is 0 Å². The van der Waals surface area contributed by atoms with Crippen LogP contribution in [0.1, 0.15) is 39.5 Å². The van der Waals surface area contributed by atoms with Crippen molar-refractivity contribution in [2.75, 3.05) is 13.2 Å². The Morgan fingerprint density at radius 3 is 1.09 bits per heavy atom. The van der Waals surface area contributed by atoms with Crippen LogP contribution in [0.5, 0.6) is 0 Å². The Morgan fingerprint density at radius 2 is 1.09 bits per heavy atom. The van der Waals surface area contributed by atoms with Gasteiger partial charge in [0, 0.05) is 30.0 Å². The molecule has 1 radical (unpaired) electrons. The maximum Gasteiger partial charge on any atom is 0.0430 e. The van der Waals surface area contributed by atoms with Gasteiger partial charge in [-0.3, -0.25) is 0 Å². The van der Waals surface area contributed by atoms with Crippen molar-refractivity contribution in [3.8, 4) is 0 Å². The third-order valence-corrected chi connectivity index (χ3v) is 1.02. The molecule has 0 aliphatic carbocycles. The van der Waals surface area contributed by atoms with Crippen LogP contribution >= 0.6 is 0 Å². The third kappa shape index (κ3) is 37.8. The largest absolute Gasteiger partial charge is 0.396 e. The van der Waals surface area contributed by atoms with E-state index in [0.29, 0.717) is 13.2 Å². The zero-order chi connectivity index (χ0) is 8.24. The monoisotopic (exact) mass is 207 g/mol. The van der Waals surface area contributed by atoms with Gasteiger partial charge in [-0.15, -0.1) is 0 Å². The summed E-state index contributed by atoms with van der Waals surface area (Å²) in [5.41, 5.74) is 0. The molecule has 73 valence electrons. The Balaban J connectivity index is -0.000000107. The van der Waals surface area contributed by atoms with Crippen LogP contribution in [-0.4, -0.2) is 23.4 Å². The Kier molecular flexibility index (Phi) is 35.7. The molecular formula is C8H20CoO2. The molecule has 0 heterocycles. The van der Waals surface area contributed by atoms with E-state index in [1.54, 1.807) is 0 Å². The molecule has 0 atom stereocenters. The van der Waals surface area contributed by atoms with Crippen LogP contribution in [0.4, 0.5) is 0 Å². The van der Waals surface area contributed by atoms with E-state index in [2.05, 4.69) is 13.8 Å². The van der Waals surface area contributed by atoms with E-state index in [0.717, 1.165) is 25.7 Å². The number of unbranched alkanes of at least 4 members (excludes halogenated alkanes) is 2. The second kappa shape index (κ2) is 22.4. The van der Waals surface area contributed by atoms with Gasteiger partial charge in [0.15, 0.2) is 0 Å². The van der Waals surface area contributed by atoms with Gasteiger partial charge in [-0.2, -0.15) is 0 Å². The molecule has 0 aromatic rings. The fourth-order valence-corrected chi connectivity index (χ4v) is 0.316. The third-order valence-electron chi connectivity index (χ3n) is 1.02. The van der Waals surface area contributed by atoms with Crippen LogP contribution in [0, 0.1) is 0 Å². The molecule has 0 fully saturated rings. The summed E-state index contributed by atoms with van der Waals surface area (Å²) < 4.78 is 0.